The molecule has 2 bridgehead atoms. The normalized spacial score (nSPS) is 30.8. The third-order valence-electron chi connectivity index (χ3n) is 15.7. The van der Waals surface area contributed by atoms with E-state index in [0.29, 0.717) is 55.3 Å². The highest BCUT2D eigenvalue weighted by Gasteiger charge is 2.64. The molecule has 3 amide bonds. The smallest absolute Gasteiger partial charge is 0.251 e. The van der Waals surface area contributed by atoms with Crippen LogP contribution in [0.25, 0.3) is 22.3 Å². The van der Waals surface area contributed by atoms with E-state index in [1.165, 1.54) is 19.4 Å². The SMILES string of the molecule is CNC(=O)c1cc(Nc2nc(-c3ccc4c(c3)N(C3CC(N5CC6CC[C@H]65)C3)C(=O)C43CCN(C(=O)C45CC(C4)C5)CC3)cc3ncn(C4CC4)c23)ccc1C. The molecule has 2 aromatic carbocycles. The van der Waals surface area contributed by atoms with E-state index in [9.17, 15) is 9.59 Å². The van der Waals surface area contributed by atoms with Crippen molar-refractivity contribution in [1.29, 1.82) is 0 Å². The lowest BCUT2D eigenvalue weighted by molar-refractivity contribution is -0.178. The number of hydrogen-bond acceptors (Lipinski definition) is 7. The molecule has 0 radical (unpaired) electrons. The van der Waals surface area contributed by atoms with Crippen LogP contribution < -0.4 is 15.5 Å². The van der Waals surface area contributed by atoms with Crippen LogP contribution in [0.1, 0.15) is 98.2 Å². The molecule has 9 aliphatic rings. The van der Waals surface area contributed by atoms with Crippen molar-refractivity contribution in [3.63, 3.8) is 0 Å². The van der Waals surface area contributed by atoms with E-state index in [2.05, 4.69) is 54.2 Å². The molecule has 2 N–H and O–H groups in total. The van der Waals surface area contributed by atoms with E-state index in [-0.39, 0.29) is 23.3 Å². The Hall–Kier alpha value is -4.77. The molecule has 56 heavy (non-hydrogen) atoms. The maximum Gasteiger partial charge on any atom is 0.251 e. The molecular formula is C45H50N8O3. The Kier molecular flexibility index (Phi) is 6.94. The summed E-state index contributed by atoms with van der Waals surface area (Å²) < 4.78 is 2.23. The third kappa shape index (κ3) is 4.63. The van der Waals surface area contributed by atoms with Gasteiger partial charge < -0.3 is 25.0 Å². The van der Waals surface area contributed by atoms with Gasteiger partial charge in [0.25, 0.3) is 5.91 Å². The lowest BCUT2D eigenvalue weighted by atomic mass is 9.44. The Morgan fingerprint density at radius 2 is 1.71 bits per heavy atom. The molecule has 5 heterocycles. The number of carbonyl (C=O) groups excluding carboxylic acids is 3. The number of aromatic nitrogens is 3. The van der Waals surface area contributed by atoms with Crippen LogP contribution >= 0.6 is 0 Å². The van der Waals surface area contributed by atoms with E-state index in [0.717, 1.165) is 108 Å². The average Bonchev–Trinajstić information content (AvgIpc) is 3.86. The van der Waals surface area contributed by atoms with Gasteiger partial charge in [0, 0.05) is 73.4 Å². The van der Waals surface area contributed by atoms with Gasteiger partial charge in [-0.3, -0.25) is 19.3 Å². The fraction of sp³-hybridized carbons (Fsp3) is 0.533. The first kappa shape index (κ1) is 33.4. The zero-order valence-electron chi connectivity index (χ0n) is 32.4. The summed E-state index contributed by atoms with van der Waals surface area (Å²) in [7, 11) is 1.65. The molecule has 11 nitrogen and oxygen atoms in total. The highest BCUT2D eigenvalue weighted by molar-refractivity contribution is 6.09. The van der Waals surface area contributed by atoms with Gasteiger partial charge in [-0.1, -0.05) is 18.2 Å². The number of piperidine rings is 2. The minimum absolute atomic E-state index is 0.0901. The molecule has 1 unspecified atom stereocenters. The van der Waals surface area contributed by atoms with Gasteiger partial charge in [0.1, 0.15) is 5.52 Å². The number of likely N-dealkylation sites (tertiary alicyclic amines) is 2. The van der Waals surface area contributed by atoms with Crippen molar-refractivity contribution in [3.05, 3.63) is 65.5 Å². The molecule has 2 atom stereocenters. The fourth-order valence-corrected chi connectivity index (χ4v) is 11.8. The zero-order chi connectivity index (χ0) is 37.7. The minimum atomic E-state index is -0.605. The summed E-state index contributed by atoms with van der Waals surface area (Å²) in [6, 6.07) is 16.4. The van der Waals surface area contributed by atoms with Crippen LogP contribution in [0.2, 0.25) is 0 Å². The maximum atomic E-state index is 15.0. The third-order valence-corrected chi connectivity index (χ3v) is 15.7. The van der Waals surface area contributed by atoms with Crippen molar-refractivity contribution in [2.45, 2.75) is 107 Å². The van der Waals surface area contributed by atoms with Gasteiger partial charge in [0.15, 0.2) is 5.82 Å². The summed E-state index contributed by atoms with van der Waals surface area (Å²) in [4.78, 5) is 58.5. The largest absolute Gasteiger partial charge is 0.355 e. The molecule has 4 aromatic rings. The van der Waals surface area contributed by atoms with E-state index in [4.69, 9.17) is 9.97 Å². The highest BCUT2D eigenvalue weighted by Crippen LogP contribution is 2.65. The first-order valence-electron chi connectivity index (χ1n) is 21.2. The molecule has 8 fully saturated rings. The topological polar surface area (TPSA) is 116 Å². The summed E-state index contributed by atoms with van der Waals surface area (Å²) in [5.74, 6) is 2.80. The number of nitrogens with zero attached hydrogens (tertiary/aromatic N) is 6. The van der Waals surface area contributed by atoms with E-state index in [1.54, 1.807) is 7.05 Å². The number of aryl methyl sites for hydroxylation is 1. The minimum Gasteiger partial charge on any atom is -0.355 e. The van der Waals surface area contributed by atoms with Gasteiger partial charge in [0.2, 0.25) is 11.8 Å². The summed E-state index contributed by atoms with van der Waals surface area (Å²) in [5.41, 5.74) is 7.31. The van der Waals surface area contributed by atoms with Gasteiger partial charge >= 0.3 is 0 Å². The number of anilines is 3. The van der Waals surface area contributed by atoms with Gasteiger partial charge in [0.05, 0.1) is 28.4 Å². The van der Waals surface area contributed by atoms with Crippen LogP contribution in [0, 0.1) is 24.2 Å². The summed E-state index contributed by atoms with van der Waals surface area (Å²) in [6.07, 6.45) is 13.4. The first-order valence-corrected chi connectivity index (χ1v) is 21.2. The van der Waals surface area contributed by atoms with Crippen molar-refractivity contribution in [3.8, 4) is 11.3 Å². The van der Waals surface area contributed by atoms with Crippen LogP contribution in [0.3, 0.4) is 0 Å². The number of benzene rings is 2. The van der Waals surface area contributed by atoms with Gasteiger partial charge in [-0.15, -0.1) is 0 Å². The Labute approximate surface area is 327 Å². The molecule has 288 valence electrons. The van der Waals surface area contributed by atoms with Crippen LogP contribution in [-0.4, -0.2) is 86.9 Å². The molecule has 1 spiro atoms. The lowest BCUT2D eigenvalue weighted by Gasteiger charge is -2.62. The zero-order valence-corrected chi connectivity index (χ0v) is 32.4. The van der Waals surface area contributed by atoms with Crippen molar-refractivity contribution in [1.82, 2.24) is 29.7 Å². The fourth-order valence-electron chi connectivity index (χ4n) is 11.8. The summed E-state index contributed by atoms with van der Waals surface area (Å²) in [6.45, 7) is 4.46. The molecule has 2 saturated heterocycles. The van der Waals surface area contributed by atoms with E-state index in [1.807, 2.05) is 31.5 Å². The molecular weight excluding hydrogens is 701 g/mol. The number of hydrogen-bond donors (Lipinski definition) is 2. The monoisotopic (exact) mass is 750 g/mol. The number of fused-ring (bicyclic) bond motifs is 4. The summed E-state index contributed by atoms with van der Waals surface area (Å²) in [5, 5.41) is 6.34. The van der Waals surface area contributed by atoms with Crippen LogP contribution in [0.4, 0.5) is 17.2 Å². The van der Waals surface area contributed by atoms with E-state index >= 15 is 4.79 Å². The van der Waals surface area contributed by atoms with Crippen molar-refractivity contribution in [2.75, 3.05) is 36.9 Å². The molecule has 3 aliphatic heterocycles. The quantitative estimate of drug-likeness (QED) is 0.212. The lowest BCUT2D eigenvalue weighted by Crippen LogP contribution is -2.69. The number of amides is 3. The summed E-state index contributed by atoms with van der Waals surface area (Å²) >= 11 is 0. The Morgan fingerprint density at radius 1 is 0.911 bits per heavy atom. The molecule has 13 rings (SSSR count). The van der Waals surface area contributed by atoms with Gasteiger partial charge in [-0.2, -0.15) is 0 Å². The van der Waals surface area contributed by atoms with Crippen molar-refractivity contribution < 1.29 is 14.4 Å². The Balaban J connectivity index is 0.904. The number of carbonyl (C=O) groups is 3. The highest BCUT2D eigenvalue weighted by atomic mass is 16.2. The van der Waals surface area contributed by atoms with Crippen LogP contribution in [-0.2, 0) is 15.0 Å². The number of rotatable bonds is 8. The molecule has 2 aromatic heterocycles. The second-order valence-corrected chi connectivity index (χ2v) is 18.8. The first-order chi connectivity index (χ1) is 27.2. The molecule has 11 heteroatoms. The molecule has 6 aliphatic carbocycles. The van der Waals surface area contributed by atoms with Gasteiger partial charge in [-0.05, 0) is 125 Å². The van der Waals surface area contributed by atoms with Crippen LogP contribution in [0.15, 0.2) is 48.8 Å². The predicted molar refractivity (Wildman–Crippen MR) is 214 cm³/mol. The standard InChI is InChI=1S/C45H50N8O3/c1-25-3-6-29(16-33(25)41(54)46-2)48-40-39-36(47-24-52(39)30-7-8-30)19-35(49-40)27-4-9-34-38(15-27)53(32-17-31(18-32)51-23-28-5-10-37(28)51)43(56)45(34)11-13-50(14-12-45)42(55)44-20-26(21-44)22-44/h3-4,6,9,15-16,19,24,26,28,30-32,37H,5,7-8,10-14,17-18,20-23H2,1-2H3,(H,46,54)(H,48,49)/t26?,28?,31?,32?,37-,44?/m1/s1. The Morgan fingerprint density at radius 3 is 2.38 bits per heavy atom. The number of nitrogens with one attached hydrogen (secondary N) is 2. The number of imidazole rings is 1. The second-order valence-electron chi connectivity index (χ2n) is 18.8. The second kappa shape index (κ2) is 11.6. The van der Waals surface area contributed by atoms with Crippen LogP contribution in [0.5, 0.6) is 0 Å². The molecule has 6 saturated carbocycles. The average molecular weight is 751 g/mol. The van der Waals surface area contributed by atoms with Crippen molar-refractivity contribution >= 4 is 45.9 Å². The predicted octanol–water partition coefficient (Wildman–Crippen LogP) is 6.48. The van der Waals surface area contributed by atoms with Crippen molar-refractivity contribution in [2.24, 2.45) is 17.3 Å². The van der Waals surface area contributed by atoms with E-state index < -0.39 is 5.41 Å². The van der Waals surface area contributed by atoms with Gasteiger partial charge in [-0.25, -0.2) is 9.97 Å². The number of pyridine rings is 1. The maximum absolute atomic E-state index is 15.0. The Bertz CT molecular complexity index is 2350.